The predicted molar refractivity (Wildman–Crippen MR) is 57.2 cm³/mol. The molecular weight excluding hydrogens is 180 g/mol. The third-order valence-corrected chi connectivity index (χ3v) is 1.64. The van der Waals surface area contributed by atoms with E-state index in [0.717, 1.165) is 19.1 Å². The maximum atomic E-state index is 10.2. The summed E-state index contributed by atoms with van der Waals surface area (Å²) in [5.41, 5.74) is -0.328. The first-order valence-electron chi connectivity index (χ1n) is 4.92. The van der Waals surface area contributed by atoms with Crippen LogP contribution in [0.2, 0.25) is 0 Å². The zero-order valence-corrected chi connectivity index (χ0v) is 9.81. The van der Waals surface area contributed by atoms with Crippen molar-refractivity contribution in [3.05, 3.63) is 0 Å². The quantitative estimate of drug-likeness (QED) is 0.609. The summed E-state index contributed by atoms with van der Waals surface area (Å²) >= 11 is 0. The molecule has 0 radical (unpaired) electrons. The second kappa shape index (κ2) is 5.98. The van der Waals surface area contributed by atoms with E-state index in [-0.39, 0.29) is 11.6 Å². The van der Waals surface area contributed by atoms with Gasteiger partial charge in [0, 0.05) is 26.1 Å². The topological polar surface area (TPSA) is 50.4 Å². The average Bonchev–Trinajstić information content (AvgIpc) is 1.78. The van der Waals surface area contributed by atoms with Gasteiger partial charge in [-0.3, -0.25) is 4.79 Å². The van der Waals surface area contributed by atoms with Crippen molar-refractivity contribution in [2.24, 2.45) is 0 Å². The van der Waals surface area contributed by atoms with E-state index < -0.39 is 0 Å². The molecule has 4 heteroatoms. The largest absolute Gasteiger partial charge is 0.460 e. The number of rotatable bonds is 1. The second-order valence-electron chi connectivity index (χ2n) is 4.35. The average molecular weight is 202 g/mol. The third-order valence-electron chi connectivity index (χ3n) is 1.64. The van der Waals surface area contributed by atoms with Crippen molar-refractivity contribution in [2.75, 3.05) is 20.1 Å². The van der Waals surface area contributed by atoms with Crippen LogP contribution in [0.1, 0.15) is 27.7 Å². The fourth-order valence-corrected chi connectivity index (χ4v) is 0.924. The first-order valence-corrected chi connectivity index (χ1v) is 4.92. The molecule has 0 atom stereocenters. The lowest BCUT2D eigenvalue weighted by Crippen LogP contribution is -2.54. The molecular formula is C10H22N2O2. The minimum Gasteiger partial charge on any atom is -0.460 e. The molecule has 0 aromatic heterocycles. The molecule has 2 N–H and O–H groups in total. The van der Waals surface area contributed by atoms with Crippen LogP contribution in [0.3, 0.4) is 0 Å². The Morgan fingerprint density at radius 1 is 1.43 bits per heavy atom. The molecule has 0 saturated carbocycles. The van der Waals surface area contributed by atoms with E-state index in [2.05, 4.69) is 10.6 Å². The van der Waals surface area contributed by atoms with Gasteiger partial charge in [0.15, 0.2) is 0 Å². The highest BCUT2D eigenvalue weighted by Crippen LogP contribution is 2.05. The first kappa shape index (κ1) is 13.4. The van der Waals surface area contributed by atoms with Gasteiger partial charge < -0.3 is 15.4 Å². The number of carbonyl (C=O) groups is 1. The van der Waals surface area contributed by atoms with Crippen molar-refractivity contribution in [2.45, 2.75) is 39.3 Å². The van der Waals surface area contributed by atoms with Gasteiger partial charge in [-0.25, -0.2) is 0 Å². The smallest absolute Gasteiger partial charge is 0.303 e. The molecule has 0 aliphatic carbocycles. The highest BCUT2D eigenvalue weighted by atomic mass is 16.6. The zero-order valence-electron chi connectivity index (χ0n) is 9.81. The molecule has 1 heterocycles. The van der Waals surface area contributed by atoms with Gasteiger partial charge in [-0.05, 0) is 27.8 Å². The van der Waals surface area contributed by atoms with Crippen molar-refractivity contribution in [3.8, 4) is 0 Å². The highest BCUT2D eigenvalue weighted by molar-refractivity contribution is 5.66. The van der Waals surface area contributed by atoms with Gasteiger partial charge in [-0.2, -0.15) is 0 Å². The molecule has 0 aromatic carbocycles. The van der Waals surface area contributed by atoms with Crippen LogP contribution in [0, 0.1) is 0 Å². The van der Waals surface area contributed by atoms with Crippen molar-refractivity contribution in [3.63, 3.8) is 0 Å². The Morgan fingerprint density at radius 2 is 1.93 bits per heavy atom. The number of carbonyl (C=O) groups excluding carboxylic acids is 1. The van der Waals surface area contributed by atoms with Gasteiger partial charge in [-0.15, -0.1) is 0 Å². The molecule has 1 aliphatic rings. The minimum absolute atomic E-state index is 0.225. The molecule has 1 rings (SSSR count). The molecule has 4 nitrogen and oxygen atoms in total. The van der Waals surface area contributed by atoms with Crippen molar-refractivity contribution in [1.82, 2.24) is 10.6 Å². The van der Waals surface area contributed by atoms with Gasteiger partial charge in [0.2, 0.25) is 0 Å². The normalized spacial score (nSPS) is 16.4. The van der Waals surface area contributed by atoms with Crippen molar-refractivity contribution >= 4 is 5.97 Å². The summed E-state index contributed by atoms with van der Waals surface area (Å²) in [4.78, 5) is 10.2. The maximum absolute atomic E-state index is 10.2. The molecule has 0 aromatic rings. The number of nitrogens with one attached hydrogen (secondary N) is 2. The van der Waals surface area contributed by atoms with E-state index in [9.17, 15) is 4.79 Å². The number of hydrogen-bond acceptors (Lipinski definition) is 4. The Hall–Kier alpha value is -0.610. The number of hydrogen-bond donors (Lipinski definition) is 2. The van der Waals surface area contributed by atoms with E-state index >= 15 is 0 Å². The second-order valence-corrected chi connectivity index (χ2v) is 4.35. The van der Waals surface area contributed by atoms with Gasteiger partial charge in [0.25, 0.3) is 0 Å². The van der Waals surface area contributed by atoms with Crippen LogP contribution in [0.4, 0.5) is 0 Å². The van der Waals surface area contributed by atoms with Crippen LogP contribution in [-0.2, 0) is 9.53 Å². The summed E-state index contributed by atoms with van der Waals surface area (Å²) in [5, 5.41) is 6.29. The van der Waals surface area contributed by atoms with E-state index in [1.54, 1.807) is 0 Å². The predicted octanol–water partition coefficient (Wildman–Crippen LogP) is 0.526. The van der Waals surface area contributed by atoms with Crippen LogP contribution in [0.25, 0.3) is 0 Å². The summed E-state index contributed by atoms with van der Waals surface area (Å²) in [5.74, 6) is -0.225. The van der Waals surface area contributed by atoms with Gasteiger partial charge in [0.1, 0.15) is 5.60 Å². The number of esters is 1. The standard InChI is InChI=1S/C6H12O2.C4H10N2/c1-5(7)8-6(2,3)4;1-5-4-2-6-3-4/h1-4H3;4-6H,2-3H2,1H3. The molecule has 0 bridgehead atoms. The van der Waals surface area contributed by atoms with E-state index in [1.165, 1.54) is 6.92 Å². The van der Waals surface area contributed by atoms with Crippen LogP contribution in [0.15, 0.2) is 0 Å². The van der Waals surface area contributed by atoms with Crippen LogP contribution < -0.4 is 10.6 Å². The zero-order chi connectivity index (χ0) is 11.2. The monoisotopic (exact) mass is 202 g/mol. The lowest BCUT2D eigenvalue weighted by molar-refractivity contribution is -0.151. The first-order chi connectivity index (χ1) is 6.35. The van der Waals surface area contributed by atoms with E-state index in [1.807, 2.05) is 27.8 Å². The number of ether oxygens (including phenoxy) is 1. The Bertz CT molecular complexity index is 169. The van der Waals surface area contributed by atoms with Crippen LogP contribution in [-0.4, -0.2) is 37.7 Å². The Morgan fingerprint density at radius 3 is 1.93 bits per heavy atom. The number of likely N-dealkylation sites (N-methyl/N-ethyl adjacent to an activating group) is 1. The SMILES string of the molecule is CC(=O)OC(C)(C)C.CNC1CNC1. The summed E-state index contributed by atoms with van der Waals surface area (Å²) in [6.45, 7) is 9.23. The highest BCUT2D eigenvalue weighted by Gasteiger charge is 2.12. The molecule has 1 aliphatic heterocycles. The Balaban J connectivity index is 0.000000249. The van der Waals surface area contributed by atoms with Crippen LogP contribution in [0.5, 0.6) is 0 Å². The van der Waals surface area contributed by atoms with Gasteiger partial charge >= 0.3 is 5.97 Å². The fraction of sp³-hybridized carbons (Fsp3) is 0.900. The third kappa shape index (κ3) is 8.01. The fourth-order valence-electron chi connectivity index (χ4n) is 0.924. The van der Waals surface area contributed by atoms with Crippen molar-refractivity contribution in [1.29, 1.82) is 0 Å². The summed E-state index contributed by atoms with van der Waals surface area (Å²) < 4.78 is 4.80. The Kier molecular flexibility index (Phi) is 5.72. The molecule has 0 spiro atoms. The summed E-state index contributed by atoms with van der Waals surface area (Å²) in [7, 11) is 1.99. The minimum atomic E-state index is -0.328. The molecule has 0 amide bonds. The van der Waals surface area contributed by atoms with Crippen LogP contribution >= 0.6 is 0 Å². The molecule has 0 unspecified atom stereocenters. The lowest BCUT2D eigenvalue weighted by atomic mass is 10.2. The van der Waals surface area contributed by atoms with Gasteiger partial charge in [-0.1, -0.05) is 0 Å². The maximum Gasteiger partial charge on any atom is 0.303 e. The summed E-state index contributed by atoms with van der Waals surface area (Å²) in [6, 6.07) is 0.755. The van der Waals surface area contributed by atoms with E-state index in [4.69, 9.17) is 4.74 Å². The summed E-state index contributed by atoms with van der Waals surface area (Å²) in [6.07, 6.45) is 0. The lowest BCUT2D eigenvalue weighted by Gasteiger charge is -2.25. The van der Waals surface area contributed by atoms with E-state index in [0.29, 0.717) is 0 Å². The Labute approximate surface area is 86.4 Å². The van der Waals surface area contributed by atoms with Gasteiger partial charge in [0.05, 0.1) is 0 Å². The molecule has 84 valence electrons. The van der Waals surface area contributed by atoms with Crippen molar-refractivity contribution < 1.29 is 9.53 Å². The molecule has 1 saturated heterocycles. The molecule has 14 heavy (non-hydrogen) atoms. The molecule has 1 fully saturated rings.